The summed E-state index contributed by atoms with van der Waals surface area (Å²) in [5.41, 5.74) is 2.32. The highest BCUT2D eigenvalue weighted by Gasteiger charge is 2.17. The number of benzene rings is 1. The van der Waals surface area contributed by atoms with Crippen LogP contribution in [0.5, 0.6) is 0 Å². The lowest BCUT2D eigenvalue weighted by Gasteiger charge is -2.25. The number of rotatable bonds is 6. The molecule has 22 heavy (non-hydrogen) atoms. The Morgan fingerprint density at radius 2 is 1.95 bits per heavy atom. The van der Waals surface area contributed by atoms with Gasteiger partial charge in [0.1, 0.15) is 0 Å². The normalized spacial score (nSPS) is 14.4. The van der Waals surface area contributed by atoms with Gasteiger partial charge < -0.3 is 15.2 Å². The zero-order chi connectivity index (χ0) is 15.2. The van der Waals surface area contributed by atoms with E-state index in [1.807, 2.05) is 17.1 Å². The molecule has 0 atom stereocenters. The molecule has 2 aromatic rings. The molecule has 0 aliphatic heterocycles. The van der Waals surface area contributed by atoms with E-state index in [4.69, 9.17) is 0 Å². The first-order valence-electron chi connectivity index (χ1n) is 7.85. The number of amides is 2. The first-order valence-corrected chi connectivity index (χ1v) is 7.85. The molecule has 2 N–H and O–H groups in total. The fraction of sp³-hybridized carbons (Fsp3) is 0.412. The number of urea groups is 1. The molecule has 1 heterocycles. The summed E-state index contributed by atoms with van der Waals surface area (Å²) < 4.78 is 2.03. The maximum absolute atomic E-state index is 11.7. The van der Waals surface area contributed by atoms with E-state index in [2.05, 4.69) is 39.9 Å². The highest BCUT2D eigenvalue weighted by molar-refractivity contribution is 5.73. The number of nitrogens with zero attached hydrogens (tertiary/aromatic N) is 2. The van der Waals surface area contributed by atoms with Crippen molar-refractivity contribution in [2.24, 2.45) is 5.92 Å². The smallest absolute Gasteiger partial charge is 0.315 e. The summed E-state index contributed by atoms with van der Waals surface area (Å²) in [5, 5.41) is 5.84. The van der Waals surface area contributed by atoms with E-state index < -0.39 is 0 Å². The second-order valence-corrected chi connectivity index (χ2v) is 5.91. The minimum atomic E-state index is -0.0746. The Labute approximate surface area is 130 Å². The van der Waals surface area contributed by atoms with Crippen LogP contribution in [-0.2, 0) is 13.1 Å². The van der Waals surface area contributed by atoms with E-state index in [-0.39, 0.29) is 6.03 Å². The Balaban J connectivity index is 1.41. The van der Waals surface area contributed by atoms with Crippen LogP contribution in [0, 0.1) is 5.92 Å². The molecular weight excluding hydrogens is 276 g/mol. The van der Waals surface area contributed by atoms with Gasteiger partial charge in [-0.1, -0.05) is 30.7 Å². The van der Waals surface area contributed by atoms with Crippen molar-refractivity contribution in [1.82, 2.24) is 20.2 Å². The van der Waals surface area contributed by atoms with Crippen molar-refractivity contribution in [3.8, 4) is 0 Å². The quantitative estimate of drug-likeness (QED) is 0.861. The van der Waals surface area contributed by atoms with Crippen molar-refractivity contribution in [3.05, 3.63) is 54.1 Å². The molecule has 0 bridgehead atoms. The minimum Gasteiger partial charge on any atom is -0.338 e. The van der Waals surface area contributed by atoms with E-state index in [1.54, 1.807) is 6.20 Å². The van der Waals surface area contributed by atoms with Crippen LogP contribution < -0.4 is 10.6 Å². The van der Waals surface area contributed by atoms with Gasteiger partial charge in [0.15, 0.2) is 0 Å². The maximum Gasteiger partial charge on any atom is 0.315 e. The van der Waals surface area contributed by atoms with Gasteiger partial charge in [-0.25, -0.2) is 9.78 Å². The third kappa shape index (κ3) is 4.10. The van der Waals surface area contributed by atoms with Gasteiger partial charge in [0.05, 0.1) is 6.33 Å². The van der Waals surface area contributed by atoms with Crippen LogP contribution in [0.25, 0.3) is 0 Å². The Morgan fingerprint density at radius 3 is 2.59 bits per heavy atom. The molecule has 0 saturated heterocycles. The zero-order valence-corrected chi connectivity index (χ0v) is 12.7. The summed E-state index contributed by atoms with van der Waals surface area (Å²) in [6, 6.07) is 8.21. The fourth-order valence-electron chi connectivity index (χ4n) is 2.53. The van der Waals surface area contributed by atoms with E-state index in [0.29, 0.717) is 12.5 Å². The predicted octanol–water partition coefficient (Wildman–Crippen LogP) is 2.53. The van der Waals surface area contributed by atoms with Crippen LogP contribution in [-0.4, -0.2) is 22.1 Å². The fourth-order valence-corrected chi connectivity index (χ4v) is 2.53. The summed E-state index contributed by atoms with van der Waals surface area (Å²) in [4.78, 5) is 15.7. The number of carbonyl (C=O) groups is 1. The van der Waals surface area contributed by atoms with Crippen molar-refractivity contribution in [2.75, 3.05) is 6.54 Å². The van der Waals surface area contributed by atoms with Crippen LogP contribution in [0.1, 0.15) is 30.4 Å². The molecule has 5 heteroatoms. The van der Waals surface area contributed by atoms with Crippen molar-refractivity contribution < 1.29 is 4.79 Å². The number of imidazole rings is 1. The highest BCUT2D eigenvalue weighted by atomic mass is 16.2. The van der Waals surface area contributed by atoms with Gasteiger partial charge in [0.25, 0.3) is 0 Å². The minimum absolute atomic E-state index is 0.0746. The second kappa shape index (κ2) is 7.11. The maximum atomic E-state index is 11.7. The molecule has 0 radical (unpaired) electrons. The number of aromatic nitrogens is 2. The lowest BCUT2D eigenvalue weighted by Crippen LogP contribution is -2.39. The largest absolute Gasteiger partial charge is 0.338 e. The van der Waals surface area contributed by atoms with Crippen LogP contribution in [0.15, 0.2) is 43.0 Å². The molecule has 1 saturated carbocycles. The van der Waals surface area contributed by atoms with Crippen LogP contribution >= 0.6 is 0 Å². The Bertz CT molecular complexity index is 588. The van der Waals surface area contributed by atoms with Crippen LogP contribution in [0.3, 0.4) is 0 Å². The molecule has 5 nitrogen and oxygen atoms in total. The topological polar surface area (TPSA) is 59.0 Å². The van der Waals surface area contributed by atoms with Gasteiger partial charge in [-0.3, -0.25) is 0 Å². The molecule has 1 aromatic carbocycles. The molecule has 1 aliphatic carbocycles. The SMILES string of the molecule is O=C(NCc1ccc(Cn2ccnc2)cc1)NCC1CCC1. The van der Waals surface area contributed by atoms with Gasteiger partial charge in [-0.2, -0.15) is 0 Å². The molecule has 0 unspecified atom stereocenters. The zero-order valence-electron chi connectivity index (χ0n) is 12.7. The predicted molar refractivity (Wildman–Crippen MR) is 85.4 cm³/mol. The van der Waals surface area contributed by atoms with Gasteiger partial charge in [0.2, 0.25) is 0 Å². The average molecular weight is 298 g/mol. The lowest BCUT2D eigenvalue weighted by molar-refractivity contribution is 0.232. The molecule has 0 spiro atoms. The van der Waals surface area contributed by atoms with Crippen molar-refractivity contribution >= 4 is 6.03 Å². The average Bonchev–Trinajstić information content (AvgIpc) is 2.98. The van der Waals surface area contributed by atoms with Gasteiger partial charge in [-0.15, -0.1) is 0 Å². The summed E-state index contributed by atoms with van der Waals surface area (Å²) in [6.45, 7) is 2.17. The Hall–Kier alpha value is -2.30. The molecule has 1 aliphatic rings. The van der Waals surface area contributed by atoms with Crippen LogP contribution in [0.2, 0.25) is 0 Å². The van der Waals surface area contributed by atoms with E-state index in [9.17, 15) is 4.79 Å². The van der Waals surface area contributed by atoms with Gasteiger partial charge >= 0.3 is 6.03 Å². The third-order valence-electron chi connectivity index (χ3n) is 4.18. The van der Waals surface area contributed by atoms with E-state index >= 15 is 0 Å². The standard InChI is InChI=1S/C17H22N4O/c22-17(19-10-14-2-1-3-14)20-11-15-4-6-16(7-5-15)12-21-9-8-18-13-21/h4-9,13-14H,1-3,10-12H2,(H2,19,20,22). The monoisotopic (exact) mass is 298 g/mol. The summed E-state index contributed by atoms with van der Waals surface area (Å²) in [5.74, 6) is 0.688. The van der Waals surface area contributed by atoms with Crippen LogP contribution in [0.4, 0.5) is 4.79 Å². The van der Waals surface area contributed by atoms with E-state index in [1.165, 1.54) is 24.8 Å². The number of hydrogen-bond donors (Lipinski definition) is 2. The molecule has 116 valence electrons. The number of hydrogen-bond acceptors (Lipinski definition) is 2. The first-order chi connectivity index (χ1) is 10.8. The van der Waals surface area contributed by atoms with Crippen molar-refractivity contribution in [3.63, 3.8) is 0 Å². The molecule has 1 aromatic heterocycles. The highest BCUT2D eigenvalue weighted by Crippen LogP contribution is 2.24. The summed E-state index contributed by atoms with van der Waals surface area (Å²) in [7, 11) is 0. The number of carbonyl (C=O) groups excluding carboxylic acids is 1. The van der Waals surface area contributed by atoms with Crippen molar-refractivity contribution in [2.45, 2.75) is 32.4 Å². The molecular formula is C17H22N4O. The van der Waals surface area contributed by atoms with Gasteiger partial charge in [-0.05, 0) is 29.9 Å². The van der Waals surface area contributed by atoms with Gasteiger partial charge in [0, 0.05) is 32.0 Å². The molecule has 2 amide bonds. The summed E-state index contributed by atoms with van der Waals surface area (Å²) in [6.07, 6.45) is 9.33. The van der Waals surface area contributed by atoms with E-state index in [0.717, 1.165) is 18.7 Å². The number of nitrogens with one attached hydrogen (secondary N) is 2. The Kier molecular flexibility index (Phi) is 4.73. The first kappa shape index (κ1) is 14.6. The third-order valence-corrected chi connectivity index (χ3v) is 4.18. The second-order valence-electron chi connectivity index (χ2n) is 5.91. The Morgan fingerprint density at radius 1 is 1.18 bits per heavy atom. The van der Waals surface area contributed by atoms with Crippen molar-refractivity contribution in [1.29, 1.82) is 0 Å². The molecule has 3 rings (SSSR count). The summed E-state index contributed by atoms with van der Waals surface area (Å²) >= 11 is 0. The molecule has 1 fully saturated rings. The lowest BCUT2D eigenvalue weighted by atomic mass is 9.85.